The Balaban J connectivity index is 2.14. The van der Waals surface area contributed by atoms with Gasteiger partial charge in [0.25, 0.3) is 0 Å². The number of rotatable bonds is 5. The largest absolute Gasteiger partial charge is 0.447 e. The van der Waals surface area contributed by atoms with Gasteiger partial charge in [0.2, 0.25) is 0 Å². The molecule has 0 saturated carbocycles. The lowest BCUT2D eigenvalue weighted by Gasteiger charge is -2.41. The van der Waals surface area contributed by atoms with Gasteiger partial charge >= 0.3 is 6.09 Å². The maximum atomic E-state index is 11.8. The summed E-state index contributed by atoms with van der Waals surface area (Å²) in [5.41, 5.74) is 1.33. The molecular weight excluding hydrogens is 330 g/mol. The highest BCUT2D eigenvalue weighted by Gasteiger charge is 2.47. The molecule has 132 valence electrons. The van der Waals surface area contributed by atoms with Crippen molar-refractivity contribution < 1.29 is 14.0 Å². The van der Waals surface area contributed by atoms with Gasteiger partial charge in [-0.05, 0) is 16.2 Å². The fraction of sp³-hybridized carbons (Fsp3) is 0.350. The number of ether oxygens (including phenoxy) is 1. The van der Waals surface area contributed by atoms with Crippen molar-refractivity contribution in [1.82, 2.24) is 5.32 Å². The molecule has 2 aromatic carbocycles. The Morgan fingerprint density at radius 1 is 1.00 bits per heavy atom. The van der Waals surface area contributed by atoms with Crippen LogP contribution in [0.1, 0.15) is 31.9 Å². The van der Waals surface area contributed by atoms with Crippen molar-refractivity contribution in [2.45, 2.75) is 37.5 Å². The summed E-state index contributed by atoms with van der Waals surface area (Å²) in [4.78, 5) is 11.8. The molecule has 0 radical (unpaired) electrons. The average molecular weight is 356 g/mol. The molecule has 0 spiro atoms. The molecular formula is C20H25NO3Si. The van der Waals surface area contributed by atoms with Crippen LogP contribution >= 0.6 is 0 Å². The number of benzene rings is 2. The standard InChI is InChI=1S/C20H25NO3Si/c1-19(2,3)25-24-20(15-10-6-4-7-11-15,16-12-8-5-9-13-16)17-14-23-18(22)21-17/h4-13,17H,14,25H2,1-3H3,(H,21,22)/t17-/m1/s1. The zero-order valence-corrected chi connectivity index (χ0v) is 16.4. The molecule has 1 N–H and O–H groups in total. The van der Waals surface area contributed by atoms with Crippen LogP contribution in [0.25, 0.3) is 0 Å². The van der Waals surface area contributed by atoms with E-state index in [4.69, 9.17) is 9.16 Å². The maximum absolute atomic E-state index is 11.8. The number of carbonyl (C=O) groups is 1. The van der Waals surface area contributed by atoms with Crippen molar-refractivity contribution in [2.24, 2.45) is 0 Å². The summed E-state index contributed by atoms with van der Waals surface area (Å²) in [6.07, 6.45) is -0.387. The van der Waals surface area contributed by atoms with Crippen LogP contribution in [-0.4, -0.2) is 28.5 Å². The van der Waals surface area contributed by atoms with E-state index in [1.807, 2.05) is 36.4 Å². The Kier molecular flexibility index (Phi) is 4.97. The molecule has 25 heavy (non-hydrogen) atoms. The number of nitrogens with one attached hydrogen (secondary N) is 1. The molecule has 1 heterocycles. The Labute approximate surface area is 151 Å². The normalized spacial score (nSPS) is 18.4. The number of alkyl carbamates (subject to hydrolysis) is 1. The van der Waals surface area contributed by atoms with E-state index >= 15 is 0 Å². The molecule has 1 aliphatic heterocycles. The smallest absolute Gasteiger partial charge is 0.407 e. The summed E-state index contributed by atoms with van der Waals surface area (Å²) in [6, 6.07) is 20.0. The fourth-order valence-corrected chi connectivity index (χ4v) is 4.34. The van der Waals surface area contributed by atoms with E-state index in [1.54, 1.807) is 0 Å². The molecule has 5 heteroatoms. The van der Waals surface area contributed by atoms with Gasteiger partial charge in [-0.2, -0.15) is 0 Å². The minimum Gasteiger partial charge on any atom is -0.447 e. The third-order valence-corrected chi connectivity index (χ3v) is 5.77. The molecule has 0 aromatic heterocycles. The van der Waals surface area contributed by atoms with E-state index in [0.717, 1.165) is 11.1 Å². The molecule has 1 fully saturated rings. The maximum Gasteiger partial charge on any atom is 0.407 e. The molecule has 1 atom stereocenters. The van der Waals surface area contributed by atoms with Gasteiger partial charge in [0, 0.05) is 0 Å². The second-order valence-electron chi connectivity index (χ2n) is 7.61. The van der Waals surface area contributed by atoms with Crippen molar-refractivity contribution in [3.63, 3.8) is 0 Å². The van der Waals surface area contributed by atoms with Crippen LogP contribution in [0.15, 0.2) is 60.7 Å². The highest BCUT2D eigenvalue weighted by Crippen LogP contribution is 2.40. The lowest BCUT2D eigenvalue weighted by atomic mass is 9.80. The summed E-state index contributed by atoms with van der Waals surface area (Å²) >= 11 is 0. The van der Waals surface area contributed by atoms with Gasteiger partial charge in [-0.15, -0.1) is 0 Å². The Bertz CT molecular complexity index is 673. The molecule has 2 aromatic rings. The molecule has 0 bridgehead atoms. The van der Waals surface area contributed by atoms with Crippen LogP contribution in [0.5, 0.6) is 0 Å². The SMILES string of the molecule is CC(C)(C)[SiH2]OC(c1ccccc1)(c1ccccc1)[C@H]1COC(=O)N1. The molecule has 1 amide bonds. The van der Waals surface area contributed by atoms with Crippen molar-refractivity contribution in [3.05, 3.63) is 71.8 Å². The number of hydrogen-bond acceptors (Lipinski definition) is 3. The van der Waals surface area contributed by atoms with Crippen LogP contribution in [0.2, 0.25) is 5.04 Å². The van der Waals surface area contributed by atoms with Gasteiger partial charge in [0.1, 0.15) is 18.2 Å². The van der Waals surface area contributed by atoms with Crippen molar-refractivity contribution in [1.29, 1.82) is 0 Å². The van der Waals surface area contributed by atoms with E-state index in [2.05, 4.69) is 50.4 Å². The van der Waals surface area contributed by atoms with Crippen LogP contribution in [-0.2, 0) is 14.8 Å². The number of cyclic esters (lactones) is 1. The summed E-state index contributed by atoms with van der Waals surface area (Å²) < 4.78 is 12.0. The van der Waals surface area contributed by atoms with E-state index in [-0.39, 0.29) is 17.2 Å². The highest BCUT2D eigenvalue weighted by molar-refractivity contribution is 6.32. The number of carbonyl (C=O) groups excluding carboxylic acids is 1. The highest BCUT2D eigenvalue weighted by atomic mass is 28.2. The second-order valence-corrected chi connectivity index (χ2v) is 10.3. The minimum absolute atomic E-state index is 0.123. The summed E-state index contributed by atoms with van der Waals surface area (Å²) in [5.74, 6) is 0. The predicted octanol–water partition coefficient (Wildman–Crippen LogP) is 3.36. The van der Waals surface area contributed by atoms with E-state index < -0.39 is 15.4 Å². The average Bonchev–Trinajstić information content (AvgIpc) is 3.03. The zero-order valence-electron chi connectivity index (χ0n) is 15.0. The van der Waals surface area contributed by atoms with Crippen molar-refractivity contribution >= 4 is 15.9 Å². The molecule has 0 unspecified atom stereocenters. The van der Waals surface area contributed by atoms with Crippen LogP contribution in [0.3, 0.4) is 0 Å². The lowest BCUT2D eigenvalue weighted by molar-refractivity contribution is 0.0660. The van der Waals surface area contributed by atoms with Crippen molar-refractivity contribution in [2.75, 3.05) is 6.61 Å². The molecule has 1 aliphatic rings. The van der Waals surface area contributed by atoms with Crippen LogP contribution in [0, 0.1) is 0 Å². The van der Waals surface area contributed by atoms with Gasteiger partial charge < -0.3 is 14.5 Å². The molecule has 3 rings (SSSR count). The lowest BCUT2D eigenvalue weighted by Crippen LogP contribution is -2.51. The van der Waals surface area contributed by atoms with Gasteiger partial charge in [0.05, 0.1) is 0 Å². The molecule has 1 saturated heterocycles. The topological polar surface area (TPSA) is 47.6 Å². The minimum atomic E-state index is -0.900. The van der Waals surface area contributed by atoms with Crippen LogP contribution < -0.4 is 5.32 Å². The van der Waals surface area contributed by atoms with Gasteiger partial charge in [-0.3, -0.25) is 0 Å². The Hall–Kier alpha value is -2.11. The fourth-order valence-electron chi connectivity index (χ4n) is 3.14. The van der Waals surface area contributed by atoms with Crippen LogP contribution in [0.4, 0.5) is 4.79 Å². The Morgan fingerprint density at radius 3 is 1.92 bits per heavy atom. The van der Waals surface area contributed by atoms with E-state index in [0.29, 0.717) is 6.61 Å². The predicted molar refractivity (Wildman–Crippen MR) is 101 cm³/mol. The first kappa shape index (κ1) is 17.7. The van der Waals surface area contributed by atoms with Gasteiger partial charge in [-0.25, -0.2) is 4.79 Å². The van der Waals surface area contributed by atoms with E-state index in [1.165, 1.54) is 0 Å². The van der Waals surface area contributed by atoms with Gasteiger partial charge in [0.15, 0.2) is 9.76 Å². The monoisotopic (exact) mass is 355 g/mol. The summed E-state index contributed by atoms with van der Waals surface area (Å²) in [7, 11) is -0.900. The second kappa shape index (κ2) is 7.02. The zero-order chi connectivity index (χ0) is 17.9. The summed E-state index contributed by atoms with van der Waals surface area (Å²) in [6.45, 7) is 6.89. The van der Waals surface area contributed by atoms with Crippen molar-refractivity contribution in [3.8, 4) is 0 Å². The quantitative estimate of drug-likeness (QED) is 0.837. The summed E-state index contributed by atoms with van der Waals surface area (Å²) in [5, 5.41) is 3.09. The first-order valence-electron chi connectivity index (χ1n) is 8.60. The Morgan fingerprint density at radius 2 is 1.52 bits per heavy atom. The van der Waals surface area contributed by atoms with Gasteiger partial charge in [-0.1, -0.05) is 81.4 Å². The third kappa shape index (κ3) is 3.77. The number of hydrogen-bond donors (Lipinski definition) is 1. The number of amides is 1. The molecule has 0 aliphatic carbocycles. The first-order chi connectivity index (χ1) is 11.9. The van der Waals surface area contributed by atoms with E-state index in [9.17, 15) is 4.79 Å². The third-order valence-electron chi connectivity index (χ3n) is 4.30. The molecule has 4 nitrogen and oxygen atoms in total. The first-order valence-corrected chi connectivity index (χ1v) is 9.88.